The Balaban J connectivity index is 2.52. The summed E-state index contributed by atoms with van der Waals surface area (Å²) in [6.07, 6.45) is 3.58. The van der Waals surface area contributed by atoms with Crippen LogP contribution in [0, 0.1) is 10.8 Å². The minimum absolute atomic E-state index is 0.0146. The zero-order valence-electron chi connectivity index (χ0n) is 28.3. The Labute approximate surface area is 261 Å². The van der Waals surface area contributed by atoms with Crippen LogP contribution in [0.3, 0.4) is 0 Å². The van der Waals surface area contributed by atoms with Crippen LogP contribution in [0.2, 0.25) is 0 Å². The molecule has 1 rings (SSSR count). The van der Waals surface area contributed by atoms with E-state index in [1.165, 1.54) is 0 Å². The molecule has 0 spiro atoms. The van der Waals surface area contributed by atoms with Crippen LogP contribution in [0.25, 0.3) is 0 Å². The topological polar surface area (TPSA) is 182 Å². The van der Waals surface area contributed by atoms with Crippen molar-refractivity contribution in [3.8, 4) is 0 Å². The number of nitrogens with zero attached hydrogens (tertiary/aromatic N) is 3. The molecule has 0 aliphatic heterocycles. The van der Waals surface area contributed by atoms with E-state index in [9.17, 15) is 24.3 Å². The van der Waals surface area contributed by atoms with Crippen molar-refractivity contribution in [3.63, 3.8) is 0 Å². The number of ether oxygens (including phenoxy) is 2. The molecule has 0 bridgehead atoms. The van der Waals surface area contributed by atoms with E-state index in [2.05, 4.69) is 20.9 Å². The highest BCUT2D eigenvalue weighted by molar-refractivity contribution is 5.85. The van der Waals surface area contributed by atoms with Gasteiger partial charge in [-0.1, -0.05) is 32.9 Å². The van der Waals surface area contributed by atoms with Crippen molar-refractivity contribution >= 4 is 23.8 Å². The van der Waals surface area contributed by atoms with Crippen LogP contribution in [0.1, 0.15) is 113 Å². The molecule has 4 N–H and O–H groups in total. The minimum atomic E-state index is -1.30. The second kappa shape index (κ2) is 16.3. The third-order valence-corrected chi connectivity index (χ3v) is 7.25. The van der Waals surface area contributed by atoms with Gasteiger partial charge in [-0.25, -0.2) is 9.48 Å². The number of aromatic nitrogens is 3. The first-order valence-electron chi connectivity index (χ1n) is 15.2. The first-order valence-corrected chi connectivity index (χ1v) is 15.2. The van der Waals surface area contributed by atoms with Crippen LogP contribution < -0.4 is 10.6 Å². The highest BCUT2D eigenvalue weighted by atomic mass is 16.5. The van der Waals surface area contributed by atoms with Gasteiger partial charge in [0.2, 0.25) is 11.8 Å². The lowest BCUT2D eigenvalue weighted by Gasteiger charge is -2.34. The fourth-order valence-electron chi connectivity index (χ4n) is 5.11. The Hall–Kier alpha value is -3.06. The molecule has 0 aromatic carbocycles. The summed E-state index contributed by atoms with van der Waals surface area (Å²) >= 11 is 0. The lowest BCUT2D eigenvalue weighted by molar-refractivity contribution is -0.142. The summed E-state index contributed by atoms with van der Waals surface area (Å²) in [7, 11) is 0. The maximum atomic E-state index is 12.7. The molecule has 13 nitrogen and oxygen atoms in total. The van der Waals surface area contributed by atoms with Gasteiger partial charge in [0.05, 0.1) is 36.5 Å². The molecular weight excluding hydrogens is 570 g/mol. The van der Waals surface area contributed by atoms with Crippen LogP contribution in [-0.4, -0.2) is 79.9 Å². The molecule has 13 heteroatoms. The van der Waals surface area contributed by atoms with Crippen molar-refractivity contribution < 1.29 is 38.9 Å². The van der Waals surface area contributed by atoms with Crippen LogP contribution in [-0.2, 0) is 40.8 Å². The van der Waals surface area contributed by atoms with Gasteiger partial charge >= 0.3 is 11.9 Å². The second-order valence-electron chi connectivity index (χ2n) is 14.7. The molecule has 1 heterocycles. The van der Waals surface area contributed by atoms with E-state index in [0.29, 0.717) is 32.5 Å². The van der Waals surface area contributed by atoms with E-state index < -0.39 is 40.3 Å². The molecule has 0 aliphatic rings. The van der Waals surface area contributed by atoms with Crippen molar-refractivity contribution in [2.24, 2.45) is 10.8 Å². The maximum Gasteiger partial charge on any atom is 0.328 e. The van der Waals surface area contributed by atoms with Gasteiger partial charge in [0.1, 0.15) is 11.7 Å². The normalized spacial score (nSPS) is 13.5. The first-order chi connectivity index (χ1) is 20.0. The number of hydrogen-bond donors (Lipinski definition) is 4. The molecule has 0 aliphatic carbocycles. The predicted octanol–water partition coefficient (Wildman–Crippen LogP) is 3.90. The van der Waals surface area contributed by atoms with Gasteiger partial charge in [-0.15, -0.1) is 5.10 Å². The monoisotopic (exact) mass is 625 g/mol. The van der Waals surface area contributed by atoms with E-state index in [1.54, 1.807) is 4.68 Å². The summed E-state index contributed by atoms with van der Waals surface area (Å²) < 4.78 is 13.5. The molecule has 0 saturated heterocycles. The Morgan fingerprint density at radius 3 is 2.11 bits per heavy atom. The minimum Gasteiger partial charge on any atom is -0.481 e. The van der Waals surface area contributed by atoms with E-state index in [-0.39, 0.29) is 43.4 Å². The molecule has 1 aromatic rings. The Kier molecular flexibility index (Phi) is 14.4. The van der Waals surface area contributed by atoms with Crippen molar-refractivity contribution in [1.29, 1.82) is 0 Å². The van der Waals surface area contributed by atoms with Crippen LogP contribution >= 0.6 is 0 Å². The Morgan fingerprint density at radius 2 is 1.55 bits per heavy atom. The van der Waals surface area contributed by atoms with Crippen LogP contribution in [0.4, 0.5) is 0 Å². The lowest BCUT2D eigenvalue weighted by atomic mass is 9.72. The molecule has 0 fully saturated rings. The highest BCUT2D eigenvalue weighted by Crippen LogP contribution is 2.38. The molecule has 0 radical (unpaired) electrons. The van der Waals surface area contributed by atoms with Crippen LogP contribution in [0.15, 0.2) is 6.20 Å². The fourth-order valence-corrected chi connectivity index (χ4v) is 5.11. The summed E-state index contributed by atoms with van der Waals surface area (Å²) in [5, 5.41) is 32.2. The molecule has 252 valence electrons. The number of carbonyl (C=O) groups is 4. The Bertz CT molecular complexity index is 1110. The summed E-state index contributed by atoms with van der Waals surface area (Å²) in [6, 6.07) is -1.30. The number of carboxylic acids is 2. The van der Waals surface area contributed by atoms with Crippen molar-refractivity contribution in [3.05, 3.63) is 11.9 Å². The van der Waals surface area contributed by atoms with Crippen molar-refractivity contribution in [2.45, 2.75) is 138 Å². The number of carbonyl (C=O) groups excluding carboxylic acids is 2. The predicted molar refractivity (Wildman–Crippen MR) is 165 cm³/mol. The third kappa shape index (κ3) is 15.6. The smallest absolute Gasteiger partial charge is 0.328 e. The quantitative estimate of drug-likeness (QED) is 0.156. The van der Waals surface area contributed by atoms with Gasteiger partial charge in [0, 0.05) is 26.0 Å². The summed E-state index contributed by atoms with van der Waals surface area (Å²) in [4.78, 5) is 48.1. The van der Waals surface area contributed by atoms with Crippen molar-refractivity contribution in [2.75, 3.05) is 13.2 Å². The van der Waals surface area contributed by atoms with E-state index in [1.807, 2.05) is 75.4 Å². The first kappa shape index (κ1) is 39.0. The summed E-state index contributed by atoms with van der Waals surface area (Å²) in [5.74, 6) is -3.01. The zero-order chi connectivity index (χ0) is 33.9. The molecule has 2 amide bonds. The van der Waals surface area contributed by atoms with E-state index in [0.717, 1.165) is 5.69 Å². The number of aliphatic carboxylic acids is 2. The average molecular weight is 626 g/mol. The number of carboxylic acid groups (broad SMARTS) is 2. The van der Waals surface area contributed by atoms with Gasteiger partial charge in [0.15, 0.2) is 0 Å². The molecule has 1 unspecified atom stereocenters. The summed E-state index contributed by atoms with van der Waals surface area (Å²) in [5.41, 5.74) is -1.29. The Morgan fingerprint density at radius 1 is 0.932 bits per heavy atom. The maximum absolute atomic E-state index is 12.7. The summed E-state index contributed by atoms with van der Waals surface area (Å²) in [6.45, 7) is 19.7. The molecule has 1 aromatic heterocycles. The molecular formula is C31H55N5O8. The van der Waals surface area contributed by atoms with Gasteiger partial charge < -0.3 is 30.3 Å². The number of amides is 2. The lowest BCUT2D eigenvalue weighted by Crippen LogP contribution is -2.49. The van der Waals surface area contributed by atoms with E-state index >= 15 is 0 Å². The second-order valence-corrected chi connectivity index (χ2v) is 14.7. The van der Waals surface area contributed by atoms with Gasteiger partial charge in [-0.2, -0.15) is 0 Å². The van der Waals surface area contributed by atoms with Crippen molar-refractivity contribution in [1.82, 2.24) is 25.6 Å². The highest BCUT2D eigenvalue weighted by Gasteiger charge is 2.33. The van der Waals surface area contributed by atoms with Gasteiger partial charge in [0.25, 0.3) is 0 Å². The third-order valence-electron chi connectivity index (χ3n) is 7.25. The van der Waals surface area contributed by atoms with Crippen LogP contribution in [0.5, 0.6) is 0 Å². The van der Waals surface area contributed by atoms with E-state index in [4.69, 9.17) is 14.6 Å². The SMILES string of the molecule is CC(C)OCc1cn(C(C)(C)CCOC(C)(C)CCC(=O)NCC(NC(=O)CC(C)(C)CC(C)(C)CC(=O)O)C(=O)O)nn1. The zero-order valence-corrected chi connectivity index (χ0v) is 28.3. The van der Waals surface area contributed by atoms with Gasteiger partial charge in [-0.05, 0) is 71.6 Å². The standard InChI is InChI=1S/C31H55N5O8/c1-21(2)43-19-22-18-36(35-34-22)30(7,8)13-14-44-31(9,10)12-11-24(37)32-17-23(27(41)42)33-25(38)15-28(3,4)20-29(5,6)16-26(39)40/h18,21,23H,11-17,19-20H2,1-10H3,(H,32,37)(H,33,38)(H,39,40)(H,41,42). The molecule has 0 saturated carbocycles. The fraction of sp³-hybridized carbons (Fsp3) is 0.806. The molecule has 1 atom stereocenters. The average Bonchev–Trinajstić information content (AvgIpc) is 3.32. The van der Waals surface area contributed by atoms with Gasteiger partial charge in [-0.3, -0.25) is 14.4 Å². The number of rotatable bonds is 21. The molecule has 44 heavy (non-hydrogen) atoms. The largest absolute Gasteiger partial charge is 0.481 e. The number of nitrogens with one attached hydrogen (secondary N) is 2. The number of hydrogen-bond acceptors (Lipinski definition) is 8.